The maximum atomic E-state index is 10.5. The van der Waals surface area contributed by atoms with Crippen molar-refractivity contribution in [2.75, 3.05) is 25.7 Å². The smallest absolute Gasteiger partial charge is 0.294 e. The number of ether oxygens (including phenoxy) is 1. The van der Waals surface area contributed by atoms with Crippen LogP contribution in [0.5, 0.6) is 0 Å². The number of aliphatic hydroxyl groups excluding tert-OH is 1. The molecule has 0 aliphatic heterocycles. The van der Waals surface area contributed by atoms with E-state index >= 15 is 0 Å². The lowest BCUT2D eigenvalue weighted by molar-refractivity contribution is 0.103. The molecule has 0 fully saturated rings. The van der Waals surface area contributed by atoms with Gasteiger partial charge in [-0.15, -0.1) is 11.6 Å². The Balaban J connectivity index is 0.000000360. The summed E-state index contributed by atoms with van der Waals surface area (Å²) < 4.78 is 34.3. The van der Waals surface area contributed by atoms with Gasteiger partial charge in [-0.2, -0.15) is 8.42 Å². The van der Waals surface area contributed by atoms with Crippen molar-refractivity contribution in [3.63, 3.8) is 0 Å². The summed E-state index contributed by atoms with van der Waals surface area (Å²) in [7, 11) is -4.02. The lowest BCUT2D eigenvalue weighted by atomic mass is 10.2. The molecule has 0 spiro atoms. The number of aryl methyl sites for hydroxylation is 1. The lowest BCUT2D eigenvalue weighted by Gasteiger charge is -1.95. The molecule has 104 valence electrons. The van der Waals surface area contributed by atoms with Gasteiger partial charge in [0, 0.05) is 5.88 Å². The Bertz CT molecular complexity index is 412. The van der Waals surface area contributed by atoms with E-state index in [1.54, 1.807) is 12.1 Å². The summed E-state index contributed by atoms with van der Waals surface area (Å²) in [4.78, 5) is -0.0666. The van der Waals surface area contributed by atoms with Crippen LogP contribution in [0.4, 0.5) is 0 Å². The molecule has 0 aliphatic rings. The minimum atomic E-state index is -4.02. The van der Waals surface area contributed by atoms with Gasteiger partial charge in [-0.25, -0.2) is 0 Å². The molecule has 0 amide bonds. The van der Waals surface area contributed by atoms with Crippen molar-refractivity contribution in [3.8, 4) is 0 Å². The number of alkyl halides is 1. The highest BCUT2D eigenvalue weighted by atomic mass is 35.5. The first-order valence-electron chi connectivity index (χ1n) is 5.20. The maximum absolute atomic E-state index is 10.5. The van der Waals surface area contributed by atoms with Crippen LogP contribution in [0.15, 0.2) is 29.2 Å². The van der Waals surface area contributed by atoms with Gasteiger partial charge in [-0.05, 0) is 19.1 Å². The van der Waals surface area contributed by atoms with Crippen LogP contribution in [-0.4, -0.2) is 43.8 Å². The number of halogens is 1. The van der Waals surface area contributed by atoms with Gasteiger partial charge >= 0.3 is 0 Å². The molecule has 0 radical (unpaired) electrons. The van der Waals surface area contributed by atoms with Crippen molar-refractivity contribution in [3.05, 3.63) is 29.8 Å². The number of rotatable bonds is 5. The van der Waals surface area contributed by atoms with Crippen LogP contribution in [0, 0.1) is 6.92 Å². The summed E-state index contributed by atoms with van der Waals surface area (Å²) in [5.41, 5.74) is 0.956. The van der Waals surface area contributed by atoms with Gasteiger partial charge in [0.2, 0.25) is 0 Å². The van der Waals surface area contributed by atoms with Gasteiger partial charge < -0.3 is 9.84 Å². The predicted molar refractivity (Wildman–Crippen MR) is 69.6 cm³/mol. The fourth-order valence-electron chi connectivity index (χ4n) is 0.931. The van der Waals surface area contributed by atoms with E-state index in [4.69, 9.17) is 26.0 Å². The Morgan fingerprint density at radius 2 is 1.78 bits per heavy atom. The van der Waals surface area contributed by atoms with E-state index in [1.807, 2.05) is 6.92 Å². The highest BCUT2D eigenvalue weighted by molar-refractivity contribution is 7.85. The number of hydrogen-bond donors (Lipinski definition) is 2. The van der Waals surface area contributed by atoms with E-state index < -0.39 is 10.1 Å². The van der Waals surface area contributed by atoms with Crippen LogP contribution in [0.1, 0.15) is 5.56 Å². The molecule has 5 nitrogen and oxygen atoms in total. The van der Waals surface area contributed by atoms with Gasteiger partial charge in [-0.3, -0.25) is 4.55 Å². The molecule has 18 heavy (non-hydrogen) atoms. The van der Waals surface area contributed by atoms with E-state index in [9.17, 15) is 8.42 Å². The van der Waals surface area contributed by atoms with E-state index in [-0.39, 0.29) is 11.5 Å². The minimum absolute atomic E-state index is 0.0666. The molecular formula is C11H17ClO5S. The third-order valence-corrected chi connectivity index (χ3v) is 2.80. The minimum Gasteiger partial charge on any atom is -0.394 e. The number of hydrogen-bond acceptors (Lipinski definition) is 4. The summed E-state index contributed by atoms with van der Waals surface area (Å²) in [6.45, 7) is 2.85. The van der Waals surface area contributed by atoms with Crippen LogP contribution in [-0.2, 0) is 14.9 Å². The molecule has 0 aliphatic carbocycles. The molecule has 1 aromatic carbocycles. The van der Waals surface area contributed by atoms with Crippen LogP contribution in [0.25, 0.3) is 0 Å². The Kier molecular flexibility index (Phi) is 8.95. The Hall–Kier alpha value is -0.660. The zero-order valence-corrected chi connectivity index (χ0v) is 11.6. The van der Waals surface area contributed by atoms with Gasteiger partial charge in [0.1, 0.15) is 0 Å². The SMILES string of the molecule is Cc1ccc(S(=O)(=O)O)cc1.OCCOCCCl. The van der Waals surface area contributed by atoms with E-state index in [0.717, 1.165) is 5.56 Å². The molecule has 1 rings (SSSR count). The molecule has 0 unspecified atom stereocenters. The molecule has 0 saturated carbocycles. The third kappa shape index (κ3) is 8.43. The average Bonchev–Trinajstić information content (AvgIpc) is 2.30. The predicted octanol–water partition coefficient (Wildman–Crippen LogP) is 1.48. The molecule has 0 bridgehead atoms. The first kappa shape index (κ1) is 17.3. The van der Waals surface area contributed by atoms with Crippen molar-refractivity contribution >= 4 is 21.7 Å². The fourth-order valence-corrected chi connectivity index (χ4v) is 1.52. The largest absolute Gasteiger partial charge is 0.394 e. The second kappa shape index (κ2) is 9.29. The van der Waals surface area contributed by atoms with Crippen molar-refractivity contribution in [1.82, 2.24) is 0 Å². The van der Waals surface area contributed by atoms with Crippen molar-refractivity contribution in [1.29, 1.82) is 0 Å². The number of benzene rings is 1. The summed E-state index contributed by atoms with van der Waals surface area (Å²) in [6.07, 6.45) is 0. The summed E-state index contributed by atoms with van der Waals surface area (Å²) in [6, 6.07) is 5.99. The third-order valence-electron chi connectivity index (χ3n) is 1.78. The molecule has 1 aromatic rings. The molecule has 2 N–H and O–H groups in total. The first-order valence-corrected chi connectivity index (χ1v) is 7.18. The second-order valence-electron chi connectivity index (χ2n) is 3.31. The first-order chi connectivity index (χ1) is 8.41. The molecule has 7 heteroatoms. The lowest BCUT2D eigenvalue weighted by Crippen LogP contribution is -2.00. The van der Waals surface area contributed by atoms with Gasteiger partial charge in [0.15, 0.2) is 0 Å². The van der Waals surface area contributed by atoms with E-state index in [1.165, 1.54) is 12.1 Å². The van der Waals surface area contributed by atoms with Crippen molar-refractivity contribution in [2.45, 2.75) is 11.8 Å². The maximum Gasteiger partial charge on any atom is 0.294 e. The van der Waals surface area contributed by atoms with E-state index in [0.29, 0.717) is 19.1 Å². The Morgan fingerprint density at radius 1 is 1.22 bits per heavy atom. The topological polar surface area (TPSA) is 83.8 Å². The highest BCUT2D eigenvalue weighted by Crippen LogP contribution is 2.08. The highest BCUT2D eigenvalue weighted by Gasteiger charge is 2.06. The van der Waals surface area contributed by atoms with Gasteiger partial charge in [0.05, 0.1) is 24.7 Å². The van der Waals surface area contributed by atoms with E-state index in [2.05, 4.69) is 0 Å². The molecule has 0 atom stereocenters. The molecule has 0 aromatic heterocycles. The standard InChI is InChI=1S/C7H8O3S.C4H9ClO2/c1-6-2-4-7(5-3-6)11(8,9)10;5-1-3-7-4-2-6/h2-5H,1H3,(H,8,9,10);6H,1-4H2. The van der Waals surface area contributed by atoms with Gasteiger partial charge in [0.25, 0.3) is 10.1 Å². The molecular weight excluding hydrogens is 280 g/mol. The van der Waals surface area contributed by atoms with Crippen LogP contribution >= 0.6 is 11.6 Å². The fraction of sp³-hybridized carbons (Fsp3) is 0.455. The average molecular weight is 297 g/mol. The summed E-state index contributed by atoms with van der Waals surface area (Å²) >= 11 is 5.23. The van der Waals surface area contributed by atoms with Crippen LogP contribution < -0.4 is 0 Å². The number of aliphatic hydroxyl groups is 1. The van der Waals surface area contributed by atoms with Gasteiger partial charge in [-0.1, -0.05) is 17.7 Å². The van der Waals surface area contributed by atoms with Crippen LogP contribution in [0.3, 0.4) is 0 Å². The zero-order chi connectivity index (χ0) is 14.0. The molecule has 0 saturated heterocycles. The Labute approximate surface area is 112 Å². The van der Waals surface area contributed by atoms with Crippen LogP contribution in [0.2, 0.25) is 0 Å². The summed E-state index contributed by atoms with van der Waals surface area (Å²) in [5.74, 6) is 0.500. The summed E-state index contributed by atoms with van der Waals surface area (Å²) in [5, 5.41) is 8.12. The Morgan fingerprint density at radius 3 is 2.17 bits per heavy atom. The van der Waals surface area contributed by atoms with Crippen molar-refractivity contribution in [2.24, 2.45) is 0 Å². The second-order valence-corrected chi connectivity index (χ2v) is 5.11. The van der Waals surface area contributed by atoms with Crippen molar-refractivity contribution < 1.29 is 22.8 Å². The normalized spacial score (nSPS) is 10.7. The zero-order valence-electron chi connectivity index (χ0n) is 10.0. The molecule has 0 heterocycles. The monoisotopic (exact) mass is 296 g/mol. The quantitative estimate of drug-likeness (QED) is 0.488.